The standard InChI is InChI=1S/C22H34N6O/c1-6-7-8-9-10-15-27(3)22(24-17-21-26-25-18(2)28(21)4)23-16-19-11-13-20(29-5)14-12-19/h6,11-14H,1,7-10,15-17H2,2-5H3,(H,23,24). The van der Waals surface area contributed by atoms with Crippen molar-refractivity contribution in [2.45, 2.75) is 45.7 Å². The van der Waals surface area contributed by atoms with Crippen LogP contribution in [-0.4, -0.2) is 46.3 Å². The van der Waals surface area contributed by atoms with Gasteiger partial charge in [-0.1, -0.05) is 24.6 Å². The molecule has 0 fully saturated rings. The molecule has 1 aromatic carbocycles. The number of benzene rings is 1. The molecule has 7 nitrogen and oxygen atoms in total. The van der Waals surface area contributed by atoms with Gasteiger partial charge < -0.3 is 19.5 Å². The van der Waals surface area contributed by atoms with Crippen LogP contribution in [0.15, 0.2) is 41.9 Å². The van der Waals surface area contributed by atoms with Crippen LogP contribution in [0.4, 0.5) is 0 Å². The van der Waals surface area contributed by atoms with Gasteiger partial charge >= 0.3 is 0 Å². The van der Waals surface area contributed by atoms with E-state index in [1.54, 1.807) is 7.11 Å². The van der Waals surface area contributed by atoms with Crippen LogP contribution in [0.5, 0.6) is 5.75 Å². The molecule has 158 valence electrons. The van der Waals surface area contributed by atoms with Gasteiger partial charge in [-0.25, -0.2) is 4.99 Å². The Balaban J connectivity index is 2.01. The van der Waals surface area contributed by atoms with Crippen molar-refractivity contribution in [1.82, 2.24) is 25.0 Å². The predicted molar refractivity (Wildman–Crippen MR) is 118 cm³/mol. The number of ether oxygens (including phenoxy) is 1. The summed E-state index contributed by atoms with van der Waals surface area (Å²) in [6, 6.07) is 8.01. The van der Waals surface area contributed by atoms with E-state index in [2.05, 4.69) is 34.0 Å². The van der Waals surface area contributed by atoms with Gasteiger partial charge in [-0.15, -0.1) is 16.8 Å². The van der Waals surface area contributed by atoms with E-state index in [0.717, 1.165) is 48.3 Å². The second-order valence-electron chi connectivity index (χ2n) is 7.12. The number of aryl methyl sites for hydroxylation is 1. The van der Waals surface area contributed by atoms with Crippen molar-refractivity contribution in [3.8, 4) is 5.75 Å². The lowest BCUT2D eigenvalue weighted by Gasteiger charge is -2.22. The highest BCUT2D eigenvalue weighted by molar-refractivity contribution is 5.79. The third-order valence-corrected chi connectivity index (χ3v) is 4.92. The highest BCUT2D eigenvalue weighted by Crippen LogP contribution is 2.12. The van der Waals surface area contributed by atoms with Gasteiger partial charge in [0.2, 0.25) is 0 Å². The zero-order valence-electron chi connectivity index (χ0n) is 18.2. The molecular weight excluding hydrogens is 364 g/mol. The molecule has 0 radical (unpaired) electrons. The Hall–Kier alpha value is -2.83. The van der Waals surface area contributed by atoms with Crippen LogP contribution in [0.3, 0.4) is 0 Å². The van der Waals surface area contributed by atoms with Crippen molar-refractivity contribution in [2.24, 2.45) is 12.0 Å². The van der Waals surface area contributed by atoms with Gasteiger partial charge in [-0.3, -0.25) is 0 Å². The van der Waals surface area contributed by atoms with Crippen LogP contribution in [0.1, 0.15) is 42.9 Å². The smallest absolute Gasteiger partial charge is 0.194 e. The molecule has 0 amide bonds. The molecule has 0 unspecified atom stereocenters. The molecule has 0 bridgehead atoms. The lowest BCUT2D eigenvalue weighted by Crippen LogP contribution is -2.39. The Bertz CT molecular complexity index is 781. The number of nitrogens with one attached hydrogen (secondary N) is 1. The van der Waals surface area contributed by atoms with Crippen LogP contribution >= 0.6 is 0 Å². The number of aromatic nitrogens is 3. The van der Waals surface area contributed by atoms with Crippen LogP contribution in [0, 0.1) is 6.92 Å². The molecule has 0 atom stereocenters. The van der Waals surface area contributed by atoms with Crippen LogP contribution in [0.25, 0.3) is 0 Å². The quantitative estimate of drug-likeness (QED) is 0.272. The first-order valence-electron chi connectivity index (χ1n) is 10.1. The third kappa shape index (κ3) is 7.25. The fraction of sp³-hybridized carbons (Fsp3) is 0.500. The number of aliphatic imine (C=N–C) groups is 1. The zero-order chi connectivity index (χ0) is 21.1. The Kier molecular flexibility index (Phi) is 9.21. The monoisotopic (exact) mass is 398 g/mol. The van der Waals surface area contributed by atoms with Crippen LogP contribution in [-0.2, 0) is 20.1 Å². The SMILES string of the molecule is C=CCCCCCN(C)C(=NCc1ccc(OC)cc1)NCc1nnc(C)n1C. The van der Waals surface area contributed by atoms with Gasteiger partial charge in [0.1, 0.15) is 11.6 Å². The molecule has 29 heavy (non-hydrogen) atoms. The van der Waals surface area contributed by atoms with E-state index in [0.29, 0.717) is 13.1 Å². The van der Waals surface area contributed by atoms with Gasteiger partial charge in [0.25, 0.3) is 0 Å². The predicted octanol–water partition coefficient (Wildman–Crippen LogP) is 3.46. The van der Waals surface area contributed by atoms with E-state index in [9.17, 15) is 0 Å². The number of nitrogens with zero attached hydrogens (tertiary/aromatic N) is 5. The number of hydrogen-bond acceptors (Lipinski definition) is 4. The van der Waals surface area contributed by atoms with Crippen LogP contribution in [0.2, 0.25) is 0 Å². The summed E-state index contributed by atoms with van der Waals surface area (Å²) in [7, 11) is 5.73. The van der Waals surface area contributed by atoms with Crippen molar-refractivity contribution >= 4 is 5.96 Å². The second-order valence-corrected chi connectivity index (χ2v) is 7.12. The molecule has 0 aliphatic carbocycles. The fourth-order valence-corrected chi connectivity index (χ4v) is 2.89. The first-order valence-corrected chi connectivity index (χ1v) is 10.1. The highest BCUT2D eigenvalue weighted by atomic mass is 16.5. The van der Waals surface area contributed by atoms with Gasteiger partial charge in [-0.05, 0) is 43.9 Å². The minimum atomic E-state index is 0.583. The molecule has 0 aliphatic rings. The van der Waals surface area contributed by atoms with E-state index in [4.69, 9.17) is 9.73 Å². The summed E-state index contributed by atoms with van der Waals surface area (Å²) in [5.74, 6) is 3.50. The zero-order valence-corrected chi connectivity index (χ0v) is 18.2. The Morgan fingerprint density at radius 3 is 2.62 bits per heavy atom. The maximum Gasteiger partial charge on any atom is 0.194 e. The third-order valence-electron chi connectivity index (χ3n) is 4.92. The molecule has 1 heterocycles. The summed E-state index contributed by atoms with van der Waals surface area (Å²) in [5.41, 5.74) is 1.14. The maximum absolute atomic E-state index is 5.23. The van der Waals surface area contributed by atoms with Crippen LogP contribution < -0.4 is 10.1 Å². The minimum Gasteiger partial charge on any atom is -0.497 e. The number of unbranched alkanes of at least 4 members (excludes halogenated alkanes) is 3. The Labute approximate surface area is 174 Å². The maximum atomic E-state index is 5.23. The Morgan fingerprint density at radius 1 is 1.24 bits per heavy atom. The molecular formula is C22H34N6O. The van der Waals surface area contributed by atoms with Crippen molar-refractivity contribution in [2.75, 3.05) is 20.7 Å². The number of hydrogen-bond donors (Lipinski definition) is 1. The van der Waals surface area contributed by atoms with Gasteiger partial charge in [0.15, 0.2) is 11.8 Å². The summed E-state index contributed by atoms with van der Waals surface area (Å²) in [6.45, 7) is 7.87. The topological polar surface area (TPSA) is 67.6 Å². The summed E-state index contributed by atoms with van der Waals surface area (Å²) in [6.07, 6.45) is 6.55. The summed E-state index contributed by atoms with van der Waals surface area (Å²) < 4.78 is 7.22. The molecule has 2 rings (SSSR count). The number of guanidine groups is 1. The average Bonchev–Trinajstić information content (AvgIpc) is 3.06. The number of rotatable bonds is 11. The molecule has 0 saturated heterocycles. The summed E-state index contributed by atoms with van der Waals surface area (Å²) in [4.78, 5) is 7.01. The fourth-order valence-electron chi connectivity index (χ4n) is 2.89. The van der Waals surface area contributed by atoms with Crippen molar-refractivity contribution in [3.63, 3.8) is 0 Å². The summed E-state index contributed by atoms with van der Waals surface area (Å²) in [5, 5.41) is 11.8. The lowest BCUT2D eigenvalue weighted by atomic mass is 10.2. The molecule has 1 aromatic heterocycles. The van der Waals surface area contributed by atoms with Gasteiger partial charge in [0, 0.05) is 20.6 Å². The molecule has 0 spiro atoms. The first kappa shape index (κ1) is 22.5. The van der Waals surface area contributed by atoms with E-state index in [1.807, 2.05) is 48.9 Å². The van der Waals surface area contributed by atoms with E-state index >= 15 is 0 Å². The largest absolute Gasteiger partial charge is 0.497 e. The lowest BCUT2D eigenvalue weighted by molar-refractivity contribution is 0.414. The first-order chi connectivity index (χ1) is 14.0. The second kappa shape index (κ2) is 11.9. The van der Waals surface area contributed by atoms with E-state index < -0.39 is 0 Å². The van der Waals surface area contributed by atoms with Crippen molar-refractivity contribution < 1.29 is 4.74 Å². The number of methoxy groups -OCH3 is 1. The van der Waals surface area contributed by atoms with Gasteiger partial charge in [-0.2, -0.15) is 0 Å². The molecule has 0 saturated carbocycles. The normalized spacial score (nSPS) is 11.4. The summed E-state index contributed by atoms with van der Waals surface area (Å²) >= 11 is 0. The average molecular weight is 399 g/mol. The molecule has 7 heteroatoms. The van der Waals surface area contributed by atoms with E-state index in [-0.39, 0.29) is 0 Å². The van der Waals surface area contributed by atoms with E-state index in [1.165, 1.54) is 12.8 Å². The van der Waals surface area contributed by atoms with Crippen molar-refractivity contribution in [1.29, 1.82) is 0 Å². The van der Waals surface area contributed by atoms with Crippen molar-refractivity contribution in [3.05, 3.63) is 54.1 Å². The highest BCUT2D eigenvalue weighted by Gasteiger charge is 2.10. The minimum absolute atomic E-state index is 0.583. The van der Waals surface area contributed by atoms with Gasteiger partial charge in [0.05, 0.1) is 20.2 Å². The number of allylic oxidation sites excluding steroid dienone is 1. The molecule has 2 aromatic rings. The molecule has 0 aliphatic heterocycles. The molecule has 1 N–H and O–H groups in total. The Morgan fingerprint density at radius 2 is 2.00 bits per heavy atom.